The summed E-state index contributed by atoms with van der Waals surface area (Å²) in [6, 6.07) is 8.03. The second-order valence-corrected chi connectivity index (χ2v) is 6.41. The highest BCUT2D eigenvalue weighted by molar-refractivity contribution is 7.98. The minimum Gasteiger partial charge on any atom is -0.497 e. The van der Waals surface area contributed by atoms with Gasteiger partial charge in [-0.3, -0.25) is 0 Å². The summed E-state index contributed by atoms with van der Waals surface area (Å²) in [6.45, 7) is 4.50. The lowest BCUT2D eigenvalue weighted by Crippen LogP contribution is -1.97. The first kappa shape index (κ1) is 15.5. The van der Waals surface area contributed by atoms with E-state index in [9.17, 15) is 0 Å². The Kier molecular flexibility index (Phi) is 5.55. The number of aromatic nitrogens is 1. The molecule has 1 unspecified atom stereocenters. The third kappa shape index (κ3) is 3.80. The molecule has 20 heavy (non-hydrogen) atoms. The fourth-order valence-electron chi connectivity index (χ4n) is 1.88. The van der Waals surface area contributed by atoms with Crippen LogP contribution in [0, 0.1) is 5.92 Å². The van der Waals surface area contributed by atoms with Crippen molar-refractivity contribution >= 4 is 34.3 Å². The van der Waals surface area contributed by atoms with Gasteiger partial charge in [-0.2, -0.15) is 11.8 Å². The summed E-state index contributed by atoms with van der Waals surface area (Å²) in [5.41, 5.74) is 1.99. The number of nitrogens with zero attached hydrogens (tertiary/aromatic N) is 1. The molecule has 0 saturated carbocycles. The second kappa shape index (κ2) is 7.19. The van der Waals surface area contributed by atoms with Crippen molar-refractivity contribution in [2.75, 3.05) is 12.9 Å². The van der Waals surface area contributed by atoms with Crippen molar-refractivity contribution in [3.63, 3.8) is 0 Å². The molecule has 0 bridgehead atoms. The van der Waals surface area contributed by atoms with Crippen molar-refractivity contribution in [3.05, 3.63) is 35.0 Å². The first-order valence-corrected chi connectivity index (χ1v) is 8.38. The van der Waals surface area contributed by atoms with Gasteiger partial charge in [-0.25, -0.2) is 4.98 Å². The Bertz CT molecular complexity index is 588. The Morgan fingerprint density at radius 2 is 2.15 bits per heavy atom. The fraction of sp³-hybridized carbons (Fsp3) is 0.438. The number of hydrogen-bond donors (Lipinski definition) is 0. The topological polar surface area (TPSA) is 22.1 Å². The zero-order valence-electron chi connectivity index (χ0n) is 12.1. The van der Waals surface area contributed by atoms with E-state index in [1.807, 2.05) is 30.0 Å². The molecular formula is C16H20ClNOS. The Labute approximate surface area is 129 Å². The van der Waals surface area contributed by atoms with Gasteiger partial charge in [0.05, 0.1) is 12.6 Å². The molecule has 0 spiro atoms. The van der Waals surface area contributed by atoms with Gasteiger partial charge in [-0.1, -0.05) is 31.9 Å². The van der Waals surface area contributed by atoms with Gasteiger partial charge in [-0.05, 0) is 29.9 Å². The fourth-order valence-corrected chi connectivity index (χ4v) is 3.37. The molecule has 2 nitrogen and oxygen atoms in total. The van der Waals surface area contributed by atoms with E-state index in [0.29, 0.717) is 5.15 Å². The maximum atomic E-state index is 6.28. The molecule has 4 heteroatoms. The lowest BCUT2D eigenvalue weighted by molar-refractivity contribution is 0.415. The second-order valence-electron chi connectivity index (χ2n) is 5.03. The van der Waals surface area contributed by atoms with Crippen LogP contribution in [0.4, 0.5) is 0 Å². The minimum absolute atomic E-state index is 0.599. The van der Waals surface area contributed by atoms with Gasteiger partial charge in [0, 0.05) is 22.8 Å². The summed E-state index contributed by atoms with van der Waals surface area (Å²) in [5, 5.41) is 1.71. The number of pyridine rings is 1. The highest BCUT2D eigenvalue weighted by Gasteiger charge is 2.07. The minimum atomic E-state index is 0.599. The number of hydrogen-bond acceptors (Lipinski definition) is 3. The SMILES string of the molecule is CCC(C)CSCc1cc2ccc(OC)cc2nc1Cl. The van der Waals surface area contributed by atoms with Crippen molar-refractivity contribution in [1.82, 2.24) is 4.98 Å². The van der Waals surface area contributed by atoms with E-state index in [-0.39, 0.29) is 0 Å². The molecule has 0 fully saturated rings. The van der Waals surface area contributed by atoms with Crippen molar-refractivity contribution < 1.29 is 4.74 Å². The van der Waals surface area contributed by atoms with Gasteiger partial charge in [0.25, 0.3) is 0 Å². The van der Waals surface area contributed by atoms with E-state index in [4.69, 9.17) is 16.3 Å². The van der Waals surface area contributed by atoms with Crippen LogP contribution < -0.4 is 4.74 Å². The van der Waals surface area contributed by atoms with Gasteiger partial charge in [0.15, 0.2) is 0 Å². The van der Waals surface area contributed by atoms with Crippen LogP contribution in [0.3, 0.4) is 0 Å². The lowest BCUT2D eigenvalue weighted by Gasteiger charge is -2.10. The third-order valence-electron chi connectivity index (χ3n) is 3.41. The predicted molar refractivity (Wildman–Crippen MR) is 88.9 cm³/mol. The smallest absolute Gasteiger partial charge is 0.133 e. The summed E-state index contributed by atoms with van der Waals surface area (Å²) < 4.78 is 5.21. The molecule has 0 saturated heterocycles. The maximum Gasteiger partial charge on any atom is 0.133 e. The van der Waals surface area contributed by atoms with Gasteiger partial charge in [0.2, 0.25) is 0 Å². The van der Waals surface area contributed by atoms with Crippen LogP contribution in [0.1, 0.15) is 25.8 Å². The monoisotopic (exact) mass is 309 g/mol. The molecule has 1 aromatic heterocycles. The number of thioether (sulfide) groups is 1. The molecule has 0 N–H and O–H groups in total. The molecule has 0 aliphatic carbocycles. The zero-order valence-corrected chi connectivity index (χ0v) is 13.7. The normalized spacial score (nSPS) is 12.6. The van der Waals surface area contributed by atoms with Crippen LogP contribution in [-0.2, 0) is 5.75 Å². The van der Waals surface area contributed by atoms with Gasteiger partial charge >= 0.3 is 0 Å². The first-order chi connectivity index (χ1) is 9.63. The summed E-state index contributed by atoms with van der Waals surface area (Å²) in [6.07, 6.45) is 1.22. The van der Waals surface area contributed by atoms with Crippen molar-refractivity contribution in [1.29, 1.82) is 0 Å². The molecule has 1 aromatic carbocycles. The standard InChI is InChI=1S/C16H20ClNOS/c1-4-11(2)9-20-10-13-7-12-5-6-14(19-3)8-15(12)18-16(13)17/h5-8,11H,4,9-10H2,1-3H3. The van der Waals surface area contributed by atoms with Gasteiger partial charge < -0.3 is 4.74 Å². The van der Waals surface area contributed by atoms with Crippen LogP contribution in [0.5, 0.6) is 5.75 Å². The molecule has 2 aromatic rings. The van der Waals surface area contributed by atoms with E-state index < -0.39 is 0 Å². The molecule has 0 amide bonds. The molecule has 0 radical (unpaired) electrons. The van der Waals surface area contributed by atoms with Crippen molar-refractivity contribution in [2.24, 2.45) is 5.92 Å². The highest BCUT2D eigenvalue weighted by Crippen LogP contribution is 2.27. The zero-order chi connectivity index (χ0) is 14.5. The molecule has 2 rings (SSSR count). The molecule has 108 valence electrons. The average Bonchev–Trinajstić information content (AvgIpc) is 2.46. The quantitative estimate of drug-likeness (QED) is 0.687. The summed E-state index contributed by atoms with van der Waals surface area (Å²) in [4.78, 5) is 4.47. The van der Waals surface area contributed by atoms with Crippen LogP contribution in [0.2, 0.25) is 5.15 Å². The first-order valence-electron chi connectivity index (χ1n) is 6.85. The molecular weight excluding hydrogens is 290 g/mol. The number of halogens is 1. The van der Waals surface area contributed by atoms with Crippen molar-refractivity contribution in [2.45, 2.75) is 26.0 Å². The van der Waals surface area contributed by atoms with Crippen molar-refractivity contribution in [3.8, 4) is 5.75 Å². The highest BCUT2D eigenvalue weighted by atomic mass is 35.5. The van der Waals surface area contributed by atoms with E-state index >= 15 is 0 Å². The number of fused-ring (bicyclic) bond motifs is 1. The van der Waals surface area contributed by atoms with E-state index in [0.717, 1.165) is 39.6 Å². The number of methoxy groups -OCH3 is 1. The van der Waals surface area contributed by atoms with Crippen LogP contribution in [-0.4, -0.2) is 17.8 Å². The van der Waals surface area contributed by atoms with Crippen LogP contribution in [0.15, 0.2) is 24.3 Å². The van der Waals surface area contributed by atoms with Gasteiger partial charge in [0.1, 0.15) is 10.9 Å². The third-order valence-corrected chi connectivity index (χ3v) is 5.05. The Morgan fingerprint density at radius 1 is 1.35 bits per heavy atom. The van der Waals surface area contributed by atoms with Gasteiger partial charge in [-0.15, -0.1) is 0 Å². The molecule has 0 aliphatic rings. The number of rotatable bonds is 6. The molecule has 1 heterocycles. The van der Waals surface area contributed by atoms with E-state index in [1.54, 1.807) is 7.11 Å². The average molecular weight is 310 g/mol. The number of benzene rings is 1. The predicted octanol–water partition coefficient (Wildman–Crippen LogP) is 5.18. The Hall–Kier alpha value is -0.930. The van der Waals surface area contributed by atoms with Crippen LogP contribution in [0.25, 0.3) is 10.9 Å². The molecule has 0 aliphatic heterocycles. The van der Waals surface area contributed by atoms with E-state index in [2.05, 4.69) is 24.9 Å². The maximum absolute atomic E-state index is 6.28. The Balaban J connectivity index is 2.16. The number of ether oxygens (including phenoxy) is 1. The largest absolute Gasteiger partial charge is 0.497 e. The van der Waals surface area contributed by atoms with E-state index in [1.165, 1.54) is 6.42 Å². The Morgan fingerprint density at radius 3 is 2.85 bits per heavy atom. The molecule has 1 atom stereocenters. The van der Waals surface area contributed by atoms with Crippen LogP contribution >= 0.6 is 23.4 Å². The summed E-state index contributed by atoms with van der Waals surface area (Å²) in [5.74, 6) is 3.63. The summed E-state index contributed by atoms with van der Waals surface area (Å²) in [7, 11) is 1.66. The summed E-state index contributed by atoms with van der Waals surface area (Å²) >= 11 is 8.20. The lowest BCUT2D eigenvalue weighted by atomic mass is 10.1.